The monoisotopic (exact) mass is 271 g/mol. The molecular weight excluding hydrogens is 250 g/mol. The third kappa shape index (κ3) is 4.55. The Morgan fingerprint density at radius 3 is 2.11 bits per heavy atom. The number of carbonyl (C=O) groups is 1. The molecule has 0 aromatic heterocycles. The van der Waals surface area contributed by atoms with Crippen LogP contribution in [0.25, 0.3) is 0 Å². The van der Waals surface area contributed by atoms with Gasteiger partial charge in [0.25, 0.3) is 0 Å². The van der Waals surface area contributed by atoms with E-state index in [0.717, 1.165) is 29.9 Å². The summed E-state index contributed by atoms with van der Waals surface area (Å²) in [6.07, 6.45) is 0. The lowest BCUT2D eigenvalue weighted by Crippen LogP contribution is -2.44. The van der Waals surface area contributed by atoms with Crippen LogP contribution in [0.2, 0.25) is 0 Å². The van der Waals surface area contributed by atoms with Gasteiger partial charge in [0.2, 0.25) is 0 Å². The van der Waals surface area contributed by atoms with E-state index < -0.39 is 0 Å². The van der Waals surface area contributed by atoms with Crippen LogP contribution in [-0.4, -0.2) is 24.1 Å². The van der Waals surface area contributed by atoms with Crippen molar-refractivity contribution in [2.75, 3.05) is 18.4 Å². The Balaban J connectivity index is 0.00000289. The molecular formula is C13H22ClN3O. The highest BCUT2D eigenvalue weighted by Gasteiger charge is 2.08. The van der Waals surface area contributed by atoms with E-state index in [4.69, 9.17) is 0 Å². The summed E-state index contributed by atoms with van der Waals surface area (Å²) in [4.78, 5) is 11.8. The van der Waals surface area contributed by atoms with Crippen molar-refractivity contribution in [1.29, 1.82) is 0 Å². The molecule has 18 heavy (non-hydrogen) atoms. The molecule has 4 nitrogen and oxygen atoms in total. The van der Waals surface area contributed by atoms with Gasteiger partial charge in [-0.2, -0.15) is 0 Å². The largest absolute Gasteiger partial charge is 0.333 e. The zero-order chi connectivity index (χ0) is 12.8. The number of urea groups is 1. The van der Waals surface area contributed by atoms with Crippen molar-refractivity contribution in [2.45, 2.75) is 27.7 Å². The molecule has 0 fully saturated rings. The fraction of sp³-hybridized carbons (Fsp3) is 0.462. The van der Waals surface area contributed by atoms with Crippen molar-refractivity contribution in [3.63, 3.8) is 0 Å². The molecule has 0 spiro atoms. The number of aryl methyl sites for hydroxylation is 2. The number of benzene rings is 1. The van der Waals surface area contributed by atoms with Gasteiger partial charge in [-0.15, -0.1) is 12.4 Å². The Hall–Kier alpha value is -1.26. The highest BCUT2D eigenvalue weighted by Crippen LogP contribution is 2.18. The van der Waals surface area contributed by atoms with E-state index >= 15 is 0 Å². The van der Waals surface area contributed by atoms with Gasteiger partial charge < -0.3 is 5.32 Å². The number of nitrogens with one attached hydrogen (secondary N) is 2. The van der Waals surface area contributed by atoms with Crippen LogP contribution >= 0.6 is 12.4 Å². The van der Waals surface area contributed by atoms with Crippen molar-refractivity contribution >= 4 is 24.1 Å². The quantitative estimate of drug-likeness (QED) is 0.827. The van der Waals surface area contributed by atoms with Crippen molar-refractivity contribution < 1.29 is 4.79 Å². The second-order valence-electron chi connectivity index (χ2n) is 4.01. The number of hydrazine groups is 1. The van der Waals surface area contributed by atoms with Crippen LogP contribution in [0.1, 0.15) is 25.0 Å². The maximum absolute atomic E-state index is 11.8. The van der Waals surface area contributed by atoms with Crippen LogP contribution in [0.4, 0.5) is 10.5 Å². The van der Waals surface area contributed by atoms with Gasteiger partial charge in [0, 0.05) is 18.8 Å². The van der Waals surface area contributed by atoms with E-state index in [9.17, 15) is 4.79 Å². The molecule has 102 valence electrons. The Morgan fingerprint density at radius 2 is 1.67 bits per heavy atom. The standard InChI is InChI=1S/C13H21N3O.ClH/c1-5-16(6-2)15-13(17)14-12-10(3)8-7-9-11(12)4;/h7-9H,5-6H2,1-4H3,(H2,14,15,17);1H. The fourth-order valence-electron chi connectivity index (χ4n) is 1.68. The summed E-state index contributed by atoms with van der Waals surface area (Å²) in [6, 6.07) is 5.77. The van der Waals surface area contributed by atoms with E-state index in [-0.39, 0.29) is 18.4 Å². The molecule has 0 saturated heterocycles. The number of anilines is 1. The number of hydrogen-bond donors (Lipinski definition) is 2. The van der Waals surface area contributed by atoms with E-state index in [1.54, 1.807) is 0 Å². The molecule has 2 amide bonds. The molecule has 0 atom stereocenters. The molecule has 5 heteroatoms. The van der Waals surface area contributed by atoms with Crippen LogP contribution in [0.15, 0.2) is 18.2 Å². The average Bonchev–Trinajstić information content (AvgIpc) is 2.31. The molecule has 0 radical (unpaired) electrons. The predicted molar refractivity (Wildman–Crippen MR) is 78.2 cm³/mol. The molecule has 2 N–H and O–H groups in total. The highest BCUT2D eigenvalue weighted by molar-refractivity contribution is 5.90. The minimum atomic E-state index is -0.189. The van der Waals surface area contributed by atoms with Gasteiger partial charge in [0.15, 0.2) is 0 Å². The lowest BCUT2D eigenvalue weighted by molar-refractivity contribution is 0.197. The predicted octanol–water partition coefficient (Wildman–Crippen LogP) is 3.10. The van der Waals surface area contributed by atoms with Crippen molar-refractivity contribution in [3.05, 3.63) is 29.3 Å². The molecule has 0 saturated carbocycles. The van der Waals surface area contributed by atoms with Gasteiger partial charge in [-0.25, -0.2) is 9.80 Å². The van der Waals surface area contributed by atoms with E-state index in [1.807, 2.05) is 50.9 Å². The van der Waals surface area contributed by atoms with Gasteiger partial charge in [-0.1, -0.05) is 32.0 Å². The third-order valence-electron chi connectivity index (χ3n) is 2.74. The molecule has 0 aliphatic heterocycles. The molecule has 1 rings (SSSR count). The number of amides is 2. The molecule has 0 aliphatic rings. The van der Waals surface area contributed by atoms with Crippen molar-refractivity contribution in [3.8, 4) is 0 Å². The lowest BCUT2D eigenvalue weighted by atomic mass is 10.1. The summed E-state index contributed by atoms with van der Waals surface area (Å²) < 4.78 is 0. The number of nitrogens with zero attached hydrogens (tertiary/aromatic N) is 1. The van der Waals surface area contributed by atoms with Gasteiger partial charge in [-0.05, 0) is 25.0 Å². The van der Waals surface area contributed by atoms with Crippen molar-refractivity contribution in [1.82, 2.24) is 10.4 Å². The summed E-state index contributed by atoms with van der Waals surface area (Å²) >= 11 is 0. The Kier molecular flexibility index (Phi) is 7.39. The van der Waals surface area contributed by atoms with Gasteiger partial charge in [0.05, 0.1) is 0 Å². The van der Waals surface area contributed by atoms with Crippen molar-refractivity contribution in [2.24, 2.45) is 0 Å². The summed E-state index contributed by atoms with van der Waals surface area (Å²) in [7, 11) is 0. The van der Waals surface area contributed by atoms with Crippen LogP contribution in [0, 0.1) is 13.8 Å². The highest BCUT2D eigenvalue weighted by atomic mass is 35.5. The smallest absolute Gasteiger partial charge is 0.306 e. The summed E-state index contributed by atoms with van der Waals surface area (Å²) in [5.41, 5.74) is 5.83. The molecule has 1 aromatic carbocycles. The van der Waals surface area contributed by atoms with Crippen LogP contribution < -0.4 is 10.7 Å². The molecule has 1 aromatic rings. The van der Waals surface area contributed by atoms with Gasteiger partial charge in [-0.3, -0.25) is 5.43 Å². The first-order valence-corrected chi connectivity index (χ1v) is 5.97. The second-order valence-corrected chi connectivity index (χ2v) is 4.01. The first-order valence-electron chi connectivity index (χ1n) is 5.97. The zero-order valence-electron chi connectivity index (χ0n) is 11.4. The first-order chi connectivity index (χ1) is 8.08. The zero-order valence-corrected chi connectivity index (χ0v) is 12.2. The van der Waals surface area contributed by atoms with E-state index in [0.29, 0.717) is 0 Å². The number of rotatable bonds is 4. The number of hydrogen-bond acceptors (Lipinski definition) is 2. The first kappa shape index (κ1) is 16.7. The second kappa shape index (κ2) is 7.95. The molecule has 0 aliphatic carbocycles. The summed E-state index contributed by atoms with van der Waals surface area (Å²) in [5.74, 6) is 0. The van der Waals surface area contributed by atoms with Gasteiger partial charge >= 0.3 is 6.03 Å². The SMILES string of the molecule is CCN(CC)NC(=O)Nc1c(C)cccc1C.Cl. The fourth-order valence-corrected chi connectivity index (χ4v) is 1.68. The van der Waals surface area contributed by atoms with Crippen LogP contribution in [0.5, 0.6) is 0 Å². The molecule has 0 heterocycles. The maximum Gasteiger partial charge on any atom is 0.333 e. The number of carbonyl (C=O) groups excluding carboxylic acids is 1. The minimum absolute atomic E-state index is 0. The minimum Gasteiger partial charge on any atom is -0.306 e. The lowest BCUT2D eigenvalue weighted by Gasteiger charge is -2.20. The number of para-hydroxylation sites is 1. The van der Waals surface area contributed by atoms with Crippen LogP contribution in [0.3, 0.4) is 0 Å². The van der Waals surface area contributed by atoms with E-state index in [1.165, 1.54) is 0 Å². The normalized spacial score (nSPS) is 9.83. The Labute approximate surface area is 115 Å². The number of halogens is 1. The Bertz CT molecular complexity index is 372. The van der Waals surface area contributed by atoms with E-state index in [2.05, 4.69) is 10.7 Å². The third-order valence-corrected chi connectivity index (χ3v) is 2.74. The summed E-state index contributed by atoms with van der Waals surface area (Å²) in [6.45, 7) is 9.55. The van der Waals surface area contributed by atoms with Crippen LogP contribution in [-0.2, 0) is 0 Å². The Morgan fingerprint density at radius 1 is 1.17 bits per heavy atom. The average molecular weight is 272 g/mol. The topological polar surface area (TPSA) is 44.4 Å². The molecule has 0 bridgehead atoms. The summed E-state index contributed by atoms with van der Waals surface area (Å²) in [5, 5.41) is 4.74. The maximum atomic E-state index is 11.8. The molecule has 0 unspecified atom stereocenters. The van der Waals surface area contributed by atoms with Gasteiger partial charge in [0.1, 0.15) is 0 Å².